The average Bonchev–Trinajstić information content (AvgIpc) is 3.17. The second-order valence-corrected chi connectivity index (χ2v) is 5.58. The van der Waals surface area contributed by atoms with E-state index in [-0.39, 0.29) is 35.3 Å². The monoisotopic (exact) mass is 360 g/mol. The van der Waals surface area contributed by atoms with Crippen LogP contribution in [0.3, 0.4) is 0 Å². The topological polar surface area (TPSA) is 73.9 Å². The maximum absolute atomic E-state index is 13.3. The smallest absolute Gasteiger partial charge is 0.387 e. The van der Waals surface area contributed by atoms with E-state index in [1.165, 1.54) is 18.3 Å². The molecular formula is C14H12F4N4OS. The van der Waals surface area contributed by atoms with Crippen LogP contribution in [0.2, 0.25) is 0 Å². The van der Waals surface area contributed by atoms with Crippen molar-refractivity contribution in [3.63, 3.8) is 0 Å². The predicted molar refractivity (Wildman–Crippen MR) is 81.3 cm³/mol. The van der Waals surface area contributed by atoms with Crippen LogP contribution in [0.1, 0.15) is 23.9 Å². The number of nitrogens with zero attached hydrogens (tertiary/aromatic N) is 3. The van der Waals surface area contributed by atoms with Gasteiger partial charge in [-0.15, -0.1) is 0 Å². The molecule has 0 spiro atoms. The molecule has 0 aliphatic heterocycles. The Morgan fingerprint density at radius 1 is 1.33 bits per heavy atom. The Balaban J connectivity index is 2.01. The summed E-state index contributed by atoms with van der Waals surface area (Å²) in [5, 5.41) is 0. The van der Waals surface area contributed by atoms with Crippen molar-refractivity contribution in [3.05, 3.63) is 29.8 Å². The van der Waals surface area contributed by atoms with Crippen LogP contribution < -0.4 is 10.5 Å². The highest BCUT2D eigenvalue weighted by Gasteiger charge is 2.59. The van der Waals surface area contributed by atoms with E-state index in [9.17, 15) is 17.6 Å². The molecule has 5 nitrogen and oxygen atoms in total. The summed E-state index contributed by atoms with van der Waals surface area (Å²) in [5.74, 6) is -4.19. The lowest BCUT2D eigenvalue weighted by molar-refractivity contribution is -0.0494. The van der Waals surface area contributed by atoms with E-state index in [1.54, 1.807) is 0 Å². The van der Waals surface area contributed by atoms with Gasteiger partial charge in [0, 0.05) is 23.9 Å². The van der Waals surface area contributed by atoms with Crippen molar-refractivity contribution in [2.24, 2.45) is 0 Å². The molecule has 0 aromatic carbocycles. The van der Waals surface area contributed by atoms with Crippen molar-refractivity contribution in [2.75, 3.05) is 5.73 Å². The number of alkyl halides is 4. The molecule has 0 amide bonds. The van der Waals surface area contributed by atoms with E-state index in [0.717, 1.165) is 0 Å². The Morgan fingerprint density at radius 2 is 2.04 bits per heavy atom. The van der Waals surface area contributed by atoms with E-state index in [4.69, 9.17) is 5.73 Å². The molecule has 1 aliphatic rings. The minimum atomic E-state index is -3.07. The minimum Gasteiger partial charge on any atom is -0.431 e. The van der Waals surface area contributed by atoms with Crippen molar-refractivity contribution in [2.45, 2.75) is 30.6 Å². The predicted octanol–water partition coefficient (Wildman–Crippen LogP) is 3.27. The maximum atomic E-state index is 13.3. The number of anilines is 1. The molecule has 1 aliphatic carbocycles. The lowest BCUT2D eigenvalue weighted by Crippen LogP contribution is -2.06. The van der Waals surface area contributed by atoms with Gasteiger partial charge in [0.15, 0.2) is 11.6 Å². The van der Waals surface area contributed by atoms with E-state index in [2.05, 4.69) is 32.3 Å². The van der Waals surface area contributed by atoms with Gasteiger partial charge in [0.05, 0.1) is 17.3 Å². The van der Waals surface area contributed by atoms with Gasteiger partial charge in [-0.25, -0.2) is 23.7 Å². The highest BCUT2D eigenvalue weighted by Crippen LogP contribution is 2.54. The number of hydrogen-bond acceptors (Lipinski definition) is 6. The third-order valence-electron chi connectivity index (χ3n) is 3.49. The summed E-state index contributed by atoms with van der Waals surface area (Å²) in [6.07, 6.45) is 0.981. The number of ether oxygens (including phenoxy) is 1. The fourth-order valence-corrected chi connectivity index (χ4v) is 2.34. The summed E-state index contributed by atoms with van der Waals surface area (Å²) in [6.45, 7) is -3.07. The van der Waals surface area contributed by atoms with Crippen molar-refractivity contribution in [3.8, 4) is 17.0 Å². The number of rotatable bonds is 5. The van der Waals surface area contributed by atoms with Crippen LogP contribution in [0.25, 0.3) is 11.3 Å². The molecular weight excluding hydrogens is 348 g/mol. The Hall–Kier alpha value is -2.10. The number of halogens is 4. The molecule has 2 aromatic rings. The van der Waals surface area contributed by atoms with Gasteiger partial charge in [-0.05, 0) is 12.1 Å². The summed E-state index contributed by atoms with van der Waals surface area (Å²) in [4.78, 5) is 11.9. The van der Waals surface area contributed by atoms with Gasteiger partial charge in [0.25, 0.3) is 5.92 Å². The lowest BCUT2D eigenvalue weighted by atomic mass is 10.1. The van der Waals surface area contributed by atoms with Crippen molar-refractivity contribution in [1.82, 2.24) is 15.0 Å². The molecule has 0 saturated heterocycles. The molecule has 1 fully saturated rings. The van der Waals surface area contributed by atoms with Crippen LogP contribution in [0, 0.1) is 0 Å². The van der Waals surface area contributed by atoms with Crippen molar-refractivity contribution >= 4 is 18.4 Å². The Morgan fingerprint density at radius 3 is 2.62 bits per heavy atom. The van der Waals surface area contributed by atoms with E-state index in [1.807, 2.05) is 0 Å². The Kier molecular flexibility index (Phi) is 4.24. The molecule has 0 radical (unpaired) electrons. The highest BCUT2D eigenvalue weighted by molar-refractivity contribution is 7.79. The molecule has 128 valence electrons. The summed E-state index contributed by atoms with van der Waals surface area (Å²) < 4.78 is 55.6. The number of nitrogen functional groups attached to an aromatic ring is 1. The van der Waals surface area contributed by atoms with Crippen molar-refractivity contribution < 1.29 is 22.3 Å². The second kappa shape index (κ2) is 6.08. The fourth-order valence-electron chi connectivity index (χ4n) is 2.18. The molecule has 1 unspecified atom stereocenters. The third-order valence-corrected chi connectivity index (χ3v) is 3.81. The number of aromatic nitrogens is 3. The number of thiol groups is 1. The first kappa shape index (κ1) is 16.7. The van der Waals surface area contributed by atoms with E-state index < -0.39 is 18.5 Å². The van der Waals surface area contributed by atoms with Crippen LogP contribution in [-0.4, -0.2) is 27.5 Å². The minimum absolute atomic E-state index is 0.00490. The highest BCUT2D eigenvalue weighted by atomic mass is 32.1. The normalized spacial score (nSPS) is 18.7. The third kappa shape index (κ3) is 3.37. The van der Waals surface area contributed by atoms with Crippen LogP contribution in [0.15, 0.2) is 18.3 Å². The van der Waals surface area contributed by atoms with Crippen LogP contribution >= 0.6 is 12.6 Å². The van der Waals surface area contributed by atoms with E-state index in [0.29, 0.717) is 11.3 Å². The van der Waals surface area contributed by atoms with Crippen LogP contribution in [0.5, 0.6) is 5.75 Å². The van der Waals surface area contributed by atoms with Gasteiger partial charge in [0.2, 0.25) is 0 Å². The average molecular weight is 360 g/mol. The van der Waals surface area contributed by atoms with Crippen LogP contribution in [0.4, 0.5) is 23.4 Å². The molecule has 2 heterocycles. The van der Waals surface area contributed by atoms with Gasteiger partial charge in [-0.3, -0.25) is 0 Å². The standard InChI is InChI=1S/C14H12F4N4OS/c15-13(16)23-10-1-6(4-20-11(10)19)9-2-7(5-24)21-12(22-9)8-3-14(8,17)18/h1-2,4,8,13,24H,3,5H2,(H2,19,20). The largest absolute Gasteiger partial charge is 0.431 e. The summed E-state index contributed by atoms with van der Waals surface area (Å²) in [6, 6.07) is 2.75. The zero-order valence-electron chi connectivity index (χ0n) is 12.1. The fraction of sp³-hybridized carbons (Fsp3) is 0.357. The zero-order chi connectivity index (χ0) is 17.5. The second-order valence-electron chi connectivity index (χ2n) is 5.26. The van der Waals surface area contributed by atoms with Gasteiger partial charge in [-0.1, -0.05) is 0 Å². The quantitative estimate of drug-likeness (QED) is 0.632. The SMILES string of the molecule is Nc1ncc(-c2cc(CS)nc(C3CC3(F)F)n2)cc1OC(F)F. The Bertz CT molecular complexity index is 774. The number of nitrogens with two attached hydrogens (primary N) is 1. The van der Waals surface area contributed by atoms with Gasteiger partial charge >= 0.3 is 6.61 Å². The first-order valence-corrected chi connectivity index (χ1v) is 7.50. The molecule has 0 bridgehead atoms. The molecule has 3 rings (SSSR count). The van der Waals surface area contributed by atoms with Gasteiger partial charge < -0.3 is 10.5 Å². The van der Waals surface area contributed by atoms with Crippen molar-refractivity contribution in [1.29, 1.82) is 0 Å². The molecule has 2 N–H and O–H groups in total. The first-order valence-electron chi connectivity index (χ1n) is 6.87. The number of pyridine rings is 1. The molecule has 2 aromatic heterocycles. The van der Waals surface area contributed by atoms with Gasteiger partial charge in [-0.2, -0.15) is 21.4 Å². The van der Waals surface area contributed by atoms with E-state index >= 15 is 0 Å². The molecule has 1 saturated carbocycles. The summed E-state index contributed by atoms with van der Waals surface area (Å²) in [5.41, 5.74) is 6.48. The summed E-state index contributed by atoms with van der Waals surface area (Å²) in [7, 11) is 0. The molecule has 10 heteroatoms. The molecule has 1 atom stereocenters. The first-order chi connectivity index (χ1) is 11.3. The van der Waals surface area contributed by atoms with Crippen LogP contribution in [-0.2, 0) is 5.75 Å². The number of hydrogen-bond donors (Lipinski definition) is 2. The maximum Gasteiger partial charge on any atom is 0.387 e. The zero-order valence-corrected chi connectivity index (χ0v) is 13.0. The van der Waals surface area contributed by atoms with Gasteiger partial charge in [0.1, 0.15) is 5.82 Å². The lowest BCUT2D eigenvalue weighted by Gasteiger charge is -2.10. The molecule has 24 heavy (non-hydrogen) atoms. The Labute approximate surface area is 139 Å². The summed E-state index contributed by atoms with van der Waals surface area (Å²) >= 11 is 4.09.